The number of amides is 2. The van der Waals surface area contributed by atoms with Crippen LogP contribution in [0.2, 0.25) is 0 Å². The number of carbonyl (C=O) groups excluding carboxylic acids is 1. The maximum absolute atomic E-state index is 12.4. The molecule has 1 aromatic rings. The fraction of sp³-hybridized carbons (Fsp3) is 0.632. The highest BCUT2D eigenvalue weighted by Gasteiger charge is 2.25. The van der Waals surface area contributed by atoms with Gasteiger partial charge in [-0.1, -0.05) is 0 Å². The number of urea groups is 1. The van der Waals surface area contributed by atoms with E-state index in [4.69, 9.17) is 0 Å². The first-order valence-electron chi connectivity index (χ1n) is 9.22. The van der Waals surface area contributed by atoms with Crippen LogP contribution in [0.1, 0.15) is 39.0 Å². The van der Waals surface area contributed by atoms with E-state index in [0.29, 0.717) is 19.0 Å². The SMILES string of the molecule is CC(O)C1CCN(C(=O)Nc2ccc(N3CCCCC3)cc2)CC1. The van der Waals surface area contributed by atoms with Crippen LogP contribution in [0.4, 0.5) is 16.2 Å². The first kappa shape index (κ1) is 17.1. The molecule has 0 radical (unpaired) electrons. The van der Waals surface area contributed by atoms with E-state index in [1.807, 2.05) is 24.0 Å². The second kappa shape index (κ2) is 7.88. The summed E-state index contributed by atoms with van der Waals surface area (Å²) in [5, 5.41) is 12.6. The molecule has 2 N–H and O–H groups in total. The molecule has 0 aliphatic carbocycles. The first-order chi connectivity index (χ1) is 11.6. The maximum atomic E-state index is 12.4. The molecule has 0 spiro atoms. The van der Waals surface area contributed by atoms with E-state index < -0.39 is 0 Å². The standard InChI is InChI=1S/C19H29N3O2/c1-15(23)16-9-13-22(14-10-16)19(24)20-17-5-7-18(8-6-17)21-11-3-2-4-12-21/h5-8,15-16,23H,2-4,9-14H2,1H3,(H,20,24). The Kier molecular flexibility index (Phi) is 5.61. The number of nitrogens with zero attached hydrogens (tertiary/aromatic N) is 2. The molecule has 2 amide bonds. The predicted molar refractivity (Wildman–Crippen MR) is 97.5 cm³/mol. The van der Waals surface area contributed by atoms with Crippen LogP contribution in [-0.2, 0) is 0 Å². The number of likely N-dealkylation sites (tertiary alicyclic amines) is 1. The summed E-state index contributed by atoms with van der Waals surface area (Å²) >= 11 is 0. The smallest absolute Gasteiger partial charge is 0.321 e. The molecule has 2 aliphatic rings. The van der Waals surface area contributed by atoms with E-state index in [0.717, 1.165) is 31.6 Å². The number of nitrogens with one attached hydrogen (secondary N) is 1. The Morgan fingerprint density at radius 3 is 2.29 bits per heavy atom. The van der Waals surface area contributed by atoms with Crippen molar-refractivity contribution in [1.82, 2.24) is 4.90 Å². The van der Waals surface area contributed by atoms with Gasteiger partial charge in [-0.3, -0.25) is 0 Å². The van der Waals surface area contributed by atoms with Gasteiger partial charge in [-0.2, -0.15) is 0 Å². The Hall–Kier alpha value is -1.75. The van der Waals surface area contributed by atoms with Gasteiger partial charge in [-0.25, -0.2) is 4.79 Å². The molecule has 0 bridgehead atoms. The van der Waals surface area contributed by atoms with Crippen molar-refractivity contribution in [2.45, 2.75) is 45.1 Å². The zero-order valence-corrected chi connectivity index (χ0v) is 14.6. The lowest BCUT2D eigenvalue weighted by atomic mass is 9.92. The van der Waals surface area contributed by atoms with Crippen LogP contribution in [0.15, 0.2) is 24.3 Å². The fourth-order valence-electron chi connectivity index (χ4n) is 3.70. The van der Waals surface area contributed by atoms with Crippen molar-refractivity contribution < 1.29 is 9.90 Å². The number of hydrogen-bond donors (Lipinski definition) is 2. The van der Waals surface area contributed by atoms with Crippen molar-refractivity contribution in [3.8, 4) is 0 Å². The van der Waals surface area contributed by atoms with Crippen LogP contribution < -0.4 is 10.2 Å². The van der Waals surface area contributed by atoms with Crippen molar-refractivity contribution in [2.24, 2.45) is 5.92 Å². The van der Waals surface area contributed by atoms with Gasteiger partial charge >= 0.3 is 6.03 Å². The summed E-state index contributed by atoms with van der Waals surface area (Å²) in [5.41, 5.74) is 2.09. The summed E-state index contributed by atoms with van der Waals surface area (Å²) in [7, 11) is 0. The second-order valence-electron chi connectivity index (χ2n) is 7.09. The van der Waals surface area contributed by atoms with Crippen LogP contribution in [-0.4, -0.2) is 48.3 Å². The Labute approximate surface area is 144 Å². The van der Waals surface area contributed by atoms with Crippen molar-refractivity contribution in [3.63, 3.8) is 0 Å². The monoisotopic (exact) mass is 331 g/mol. The quantitative estimate of drug-likeness (QED) is 0.893. The van der Waals surface area contributed by atoms with Crippen molar-refractivity contribution >= 4 is 17.4 Å². The number of benzene rings is 1. The number of rotatable bonds is 3. The number of aliphatic hydroxyl groups is 1. The minimum absolute atomic E-state index is 0.0373. The van der Waals surface area contributed by atoms with E-state index in [-0.39, 0.29) is 12.1 Å². The van der Waals surface area contributed by atoms with Gasteiger partial charge in [-0.05, 0) is 69.2 Å². The molecule has 0 saturated carbocycles. The summed E-state index contributed by atoms with van der Waals surface area (Å²) in [5.74, 6) is 0.317. The summed E-state index contributed by atoms with van der Waals surface area (Å²) < 4.78 is 0. The molecule has 2 saturated heterocycles. The van der Waals surface area contributed by atoms with E-state index in [1.165, 1.54) is 24.9 Å². The molecule has 1 aromatic carbocycles. The molecule has 1 unspecified atom stereocenters. The zero-order valence-electron chi connectivity index (χ0n) is 14.6. The molecule has 2 heterocycles. The highest BCUT2D eigenvalue weighted by molar-refractivity contribution is 5.89. The number of piperidine rings is 2. The predicted octanol–water partition coefficient (Wildman–Crippen LogP) is 3.30. The third-order valence-electron chi connectivity index (χ3n) is 5.35. The van der Waals surface area contributed by atoms with Crippen molar-refractivity contribution in [1.29, 1.82) is 0 Å². The largest absolute Gasteiger partial charge is 0.393 e. The minimum atomic E-state index is -0.280. The lowest BCUT2D eigenvalue weighted by molar-refractivity contribution is 0.0820. The number of carbonyl (C=O) groups is 1. The normalized spacial score (nSPS) is 20.8. The van der Waals surface area contributed by atoms with Gasteiger partial charge in [0, 0.05) is 37.6 Å². The fourth-order valence-corrected chi connectivity index (χ4v) is 3.70. The number of hydrogen-bond acceptors (Lipinski definition) is 3. The number of aliphatic hydroxyl groups excluding tert-OH is 1. The molecule has 3 rings (SSSR count). The van der Waals surface area contributed by atoms with Gasteiger partial charge in [0.2, 0.25) is 0 Å². The van der Waals surface area contributed by atoms with Gasteiger partial charge in [0.15, 0.2) is 0 Å². The van der Waals surface area contributed by atoms with Gasteiger partial charge in [-0.15, -0.1) is 0 Å². The Balaban J connectivity index is 1.51. The number of anilines is 2. The van der Waals surface area contributed by atoms with Crippen molar-refractivity contribution in [3.05, 3.63) is 24.3 Å². The second-order valence-corrected chi connectivity index (χ2v) is 7.09. The first-order valence-corrected chi connectivity index (χ1v) is 9.22. The highest BCUT2D eigenvalue weighted by atomic mass is 16.3. The van der Waals surface area contributed by atoms with Crippen LogP contribution in [0, 0.1) is 5.92 Å². The maximum Gasteiger partial charge on any atom is 0.321 e. The summed E-state index contributed by atoms with van der Waals surface area (Å²) in [4.78, 5) is 16.6. The van der Waals surface area contributed by atoms with Crippen LogP contribution >= 0.6 is 0 Å². The Morgan fingerprint density at radius 2 is 1.71 bits per heavy atom. The van der Waals surface area contributed by atoms with Crippen LogP contribution in [0.25, 0.3) is 0 Å². The van der Waals surface area contributed by atoms with Gasteiger partial charge in [0.1, 0.15) is 0 Å². The lowest BCUT2D eigenvalue weighted by Gasteiger charge is -2.33. The molecule has 2 fully saturated rings. The Bertz CT molecular complexity index is 530. The third kappa shape index (κ3) is 4.20. The summed E-state index contributed by atoms with van der Waals surface area (Å²) in [6.45, 7) is 5.53. The average Bonchev–Trinajstić information content (AvgIpc) is 2.63. The third-order valence-corrected chi connectivity index (χ3v) is 5.35. The average molecular weight is 331 g/mol. The molecule has 5 nitrogen and oxygen atoms in total. The summed E-state index contributed by atoms with van der Waals surface area (Å²) in [6, 6.07) is 8.14. The van der Waals surface area contributed by atoms with Crippen molar-refractivity contribution in [2.75, 3.05) is 36.4 Å². The van der Waals surface area contributed by atoms with Gasteiger partial charge < -0.3 is 20.2 Å². The molecule has 5 heteroatoms. The minimum Gasteiger partial charge on any atom is -0.393 e. The van der Waals surface area contributed by atoms with E-state index in [9.17, 15) is 9.90 Å². The zero-order chi connectivity index (χ0) is 16.9. The molecule has 2 aliphatic heterocycles. The molecular formula is C19H29N3O2. The molecule has 24 heavy (non-hydrogen) atoms. The lowest BCUT2D eigenvalue weighted by Crippen LogP contribution is -2.42. The van der Waals surface area contributed by atoms with E-state index >= 15 is 0 Å². The van der Waals surface area contributed by atoms with Crippen LogP contribution in [0.3, 0.4) is 0 Å². The van der Waals surface area contributed by atoms with E-state index in [1.54, 1.807) is 0 Å². The summed E-state index contributed by atoms with van der Waals surface area (Å²) in [6.07, 6.45) is 5.33. The topological polar surface area (TPSA) is 55.8 Å². The molecular weight excluding hydrogens is 302 g/mol. The molecule has 0 aromatic heterocycles. The van der Waals surface area contributed by atoms with Gasteiger partial charge in [0.05, 0.1) is 6.10 Å². The van der Waals surface area contributed by atoms with Gasteiger partial charge in [0.25, 0.3) is 0 Å². The van der Waals surface area contributed by atoms with Crippen LogP contribution in [0.5, 0.6) is 0 Å². The van der Waals surface area contributed by atoms with E-state index in [2.05, 4.69) is 22.3 Å². The Morgan fingerprint density at radius 1 is 1.08 bits per heavy atom. The molecule has 1 atom stereocenters. The molecule has 132 valence electrons. The highest BCUT2D eigenvalue weighted by Crippen LogP contribution is 2.23.